The van der Waals surface area contributed by atoms with Gasteiger partial charge in [0.05, 0.1) is 10.5 Å². The summed E-state index contributed by atoms with van der Waals surface area (Å²) < 4.78 is 41.7. The number of phenolic OH excluding ortho intramolecular Hbond substituents is 1. The number of aromatic hydroxyl groups is 1. The molecular formula is C16H13FN2O5S. The minimum atomic E-state index is -3.97. The molecule has 2 aromatic carbocycles. The number of benzene rings is 2. The van der Waals surface area contributed by atoms with Crippen LogP contribution in [0, 0.1) is 5.82 Å². The first-order valence-electron chi connectivity index (χ1n) is 7.05. The van der Waals surface area contributed by atoms with Crippen molar-refractivity contribution in [1.29, 1.82) is 0 Å². The molecule has 0 fully saturated rings. The van der Waals surface area contributed by atoms with E-state index in [1.807, 2.05) is 0 Å². The number of carbonyl (C=O) groups is 1. The highest BCUT2D eigenvalue weighted by molar-refractivity contribution is 7.89. The van der Waals surface area contributed by atoms with E-state index in [2.05, 4.69) is 5.32 Å². The highest BCUT2D eigenvalue weighted by Crippen LogP contribution is 2.25. The molecule has 1 heterocycles. The van der Waals surface area contributed by atoms with Crippen LogP contribution in [0.25, 0.3) is 11.0 Å². The number of nitrogens with two attached hydrogens (primary N) is 1. The van der Waals surface area contributed by atoms with E-state index in [4.69, 9.17) is 9.56 Å². The molecule has 4 N–H and O–H groups in total. The van der Waals surface area contributed by atoms with Crippen molar-refractivity contribution in [2.24, 2.45) is 5.14 Å². The Bertz CT molecular complexity index is 1080. The van der Waals surface area contributed by atoms with Gasteiger partial charge in [-0.15, -0.1) is 0 Å². The molecule has 1 aromatic heterocycles. The summed E-state index contributed by atoms with van der Waals surface area (Å²) in [7, 11) is -3.97. The van der Waals surface area contributed by atoms with Gasteiger partial charge >= 0.3 is 0 Å². The zero-order chi connectivity index (χ0) is 18.2. The maximum atomic E-state index is 13.8. The van der Waals surface area contributed by atoms with Crippen LogP contribution in [-0.4, -0.2) is 19.4 Å². The fourth-order valence-corrected chi connectivity index (χ4v) is 2.89. The number of hydrogen-bond donors (Lipinski definition) is 3. The second kappa shape index (κ2) is 6.19. The average Bonchev–Trinajstić information content (AvgIpc) is 2.95. The Morgan fingerprint density at radius 3 is 2.72 bits per heavy atom. The summed E-state index contributed by atoms with van der Waals surface area (Å²) in [6.45, 7) is -0.237. The summed E-state index contributed by atoms with van der Waals surface area (Å²) in [6.07, 6.45) is 1.22. The molecule has 3 rings (SSSR count). The van der Waals surface area contributed by atoms with Gasteiger partial charge < -0.3 is 14.8 Å². The summed E-state index contributed by atoms with van der Waals surface area (Å²) in [5.74, 6) is -1.21. The Morgan fingerprint density at radius 2 is 2.00 bits per heavy atom. The van der Waals surface area contributed by atoms with Gasteiger partial charge in [0.1, 0.15) is 23.4 Å². The Morgan fingerprint density at radius 1 is 1.24 bits per heavy atom. The maximum absolute atomic E-state index is 13.8. The first-order valence-corrected chi connectivity index (χ1v) is 8.60. The lowest BCUT2D eigenvalue weighted by Crippen LogP contribution is -2.23. The number of furan rings is 1. The summed E-state index contributed by atoms with van der Waals surface area (Å²) in [5, 5.41) is 17.4. The molecular weight excluding hydrogens is 351 g/mol. The molecule has 9 heteroatoms. The van der Waals surface area contributed by atoms with Gasteiger partial charge in [-0.25, -0.2) is 17.9 Å². The Hall–Kier alpha value is -2.91. The number of halogens is 1. The van der Waals surface area contributed by atoms with Crippen molar-refractivity contribution in [3.05, 3.63) is 59.6 Å². The summed E-state index contributed by atoms with van der Waals surface area (Å²) in [5.41, 5.74) is 0.510. The van der Waals surface area contributed by atoms with Crippen LogP contribution in [-0.2, 0) is 16.6 Å². The normalized spacial score (nSPS) is 11.6. The zero-order valence-electron chi connectivity index (χ0n) is 12.7. The number of fused-ring (bicyclic) bond motifs is 1. The van der Waals surface area contributed by atoms with Crippen molar-refractivity contribution in [3.63, 3.8) is 0 Å². The van der Waals surface area contributed by atoms with Crippen molar-refractivity contribution in [1.82, 2.24) is 5.32 Å². The average molecular weight is 364 g/mol. The molecule has 0 saturated heterocycles. The summed E-state index contributed by atoms with van der Waals surface area (Å²) >= 11 is 0. The van der Waals surface area contributed by atoms with E-state index in [1.54, 1.807) is 0 Å². The van der Waals surface area contributed by atoms with Crippen LogP contribution in [0.15, 0.2) is 52.0 Å². The standard InChI is InChI=1S/C16H13FN2O5S/c17-14-4-2-11(25(18,22)23)5-9(14)7-19-16(21)13-8-24-15-6-10(20)1-3-12(13)15/h1-6,8,20H,7H2,(H,19,21)(H2,18,22,23). The Labute approximate surface area is 141 Å². The number of nitrogens with one attached hydrogen (secondary N) is 1. The van der Waals surface area contributed by atoms with Crippen molar-refractivity contribution in [3.8, 4) is 5.75 Å². The van der Waals surface area contributed by atoms with Crippen molar-refractivity contribution >= 4 is 26.9 Å². The zero-order valence-corrected chi connectivity index (χ0v) is 13.5. The highest BCUT2D eigenvalue weighted by Gasteiger charge is 2.16. The largest absolute Gasteiger partial charge is 0.508 e. The SMILES string of the molecule is NS(=O)(=O)c1ccc(F)c(CNC(=O)c2coc3cc(O)ccc23)c1. The first-order chi connectivity index (χ1) is 11.8. The molecule has 7 nitrogen and oxygen atoms in total. The van der Waals surface area contributed by atoms with Crippen molar-refractivity contribution < 1.29 is 27.1 Å². The quantitative estimate of drug-likeness (QED) is 0.652. The minimum absolute atomic E-state index is 0.00399. The number of amides is 1. The Kier molecular flexibility index (Phi) is 4.19. The van der Waals surface area contributed by atoms with Crippen LogP contribution in [0.2, 0.25) is 0 Å². The van der Waals surface area contributed by atoms with E-state index < -0.39 is 21.7 Å². The molecule has 0 aliphatic heterocycles. The first kappa shape index (κ1) is 16.9. The van der Waals surface area contributed by atoms with Gasteiger partial charge in [-0.3, -0.25) is 4.79 Å². The molecule has 0 bridgehead atoms. The van der Waals surface area contributed by atoms with E-state index in [-0.39, 0.29) is 28.3 Å². The smallest absolute Gasteiger partial charge is 0.255 e. The third-order valence-corrected chi connectivity index (χ3v) is 4.50. The fourth-order valence-electron chi connectivity index (χ4n) is 2.33. The molecule has 0 radical (unpaired) electrons. The number of carbonyl (C=O) groups excluding carboxylic acids is 1. The lowest BCUT2D eigenvalue weighted by Gasteiger charge is -2.07. The molecule has 25 heavy (non-hydrogen) atoms. The topological polar surface area (TPSA) is 123 Å². The number of primary sulfonamides is 1. The number of phenols is 1. The van der Waals surface area contributed by atoms with Crippen LogP contribution in [0.5, 0.6) is 5.75 Å². The third-order valence-electron chi connectivity index (χ3n) is 3.59. The Balaban J connectivity index is 1.82. The predicted octanol–water partition coefficient (Wildman–Crippen LogP) is 1.85. The highest BCUT2D eigenvalue weighted by atomic mass is 32.2. The van der Waals surface area contributed by atoms with E-state index in [9.17, 15) is 22.7 Å². The summed E-state index contributed by atoms with van der Waals surface area (Å²) in [4.78, 5) is 12.0. The van der Waals surface area contributed by atoms with Crippen molar-refractivity contribution in [2.45, 2.75) is 11.4 Å². The lowest BCUT2D eigenvalue weighted by atomic mass is 10.1. The lowest BCUT2D eigenvalue weighted by molar-refractivity contribution is 0.0951. The van der Waals surface area contributed by atoms with Gasteiger partial charge in [0.2, 0.25) is 10.0 Å². The second-order valence-corrected chi connectivity index (χ2v) is 6.87. The predicted molar refractivity (Wildman–Crippen MR) is 86.8 cm³/mol. The van der Waals surface area contributed by atoms with Crippen LogP contribution in [0.1, 0.15) is 15.9 Å². The molecule has 0 aliphatic rings. The molecule has 0 unspecified atom stereocenters. The van der Waals surface area contributed by atoms with Crippen LogP contribution in [0.4, 0.5) is 4.39 Å². The monoisotopic (exact) mass is 364 g/mol. The van der Waals surface area contributed by atoms with Gasteiger partial charge in [-0.1, -0.05) is 0 Å². The molecule has 0 aliphatic carbocycles. The minimum Gasteiger partial charge on any atom is -0.508 e. The van der Waals surface area contributed by atoms with E-state index in [0.717, 1.165) is 18.2 Å². The van der Waals surface area contributed by atoms with Crippen LogP contribution >= 0.6 is 0 Å². The number of hydrogen-bond acceptors (Lipinski definition) is 5. The third kappa shape index (κ3) is 3.47. The summed E-state index contributed by atoms with van der Waals surface area (Å²) in [6, 6.07) is 7.37. The maximum Gasteiger partial charge on any atom is 0.255 e. The fraction of sp³-hybridized carbons (Fsp3) is 0.0625. The number of rotatable bonds is 4. The molecule has 130 valence electrons. The molecule has 3 aromatic rings. The molecule has 1 amide bonds. The van der Waals surface area contributed by atoms with E-state index >= 15 is 0 Å². The van der Waals surface area contributed by atoms with Gasteiger partial charge in [0, 0.05) is 23.6 Å². The van der Waals surface area contributed by atoms with Crippen LogP contribution in [0.3, 0.4) is 0 Å². The second-order valence-electron chi connectivity index (χ2n) is 5.31. The van der Waals surface area contributed by atoms with E-state index in [0.29, 0.717) is 11.0 Å². The van der Waals surface area contributed by atoms with Gasteiger partial charge in [0.15, 0.2) is 0 Å². The molecule has 0 spiro atoms. The van der Waals surface area contributed by atoms with E-state index in [1.165, 1.54) is 24.5 Å². The van der Waals surface area contributed by atoms with Crippen LogP contribution < -0.4 is 10.5 Å². The van der Waals surface area contributed by atoms with Crippen molar-refractivity contribution in [2.75, 3.05) is 0 Å². The molecule has 0 saturated carbocycles. The van der Waals surface area contributed by atoms with Gasteiger partial charge in [-0.2, -0.15) is 0 Å². The van der Waals surface area contributed by atoms with Gasteiger partial charge in [-0.05, 0) is 30.3 Å². The molecule has 0 atom stereocenters. The van der Waals surface area contributed by atoms with Gasteiger partial charge in [0.25, 0.3) is 5.91 Å². The number of sulfonamides is 1.